The standard InChI is InChI=1S/C33H40N4O3/c1-26-13-15-30(16-14-26)34-32(38)36(19-17-27(2)25-35-21-23-37(24-22-35)33(39)40)20-18-31(28-9-5-3-6-10-28)29-11-7-4-8-12-29/h3-16,31H,2,17-25H2,1H3,(H,34,38)(H,39,40). The molecule has 3 aromatic rings. The van der Waals surface area contributed by atoms with Crippen LogP contribution in [0, 0.1) is 6.92 Å². The quantitative estimate of drug-likeness (QED) is 0.280. The van der Waals surface area contributed by atoms with Crippen LogP contribution in [0.4, 0.5) is 15.3 Å². The Hall–Kier alpha value is -4.10. The normalized spacial score (nSPS) is 13.7. The SMILES string of the molecule is C=C(CCN(CCC(c1ccccc1)c1ccccc1)C(=O)Nc1ccc(C)cc1)CN1CCN(C(=O)O)CC1. The van der Waals surface area contributed by atoms with Crippen molar-refractivity contribution >= 4 is 17.8 Å². The van der Waals surface area contributed by atoms with Crippen molar-refractivity contribution in [2.75, 3.05) is 51.1 Å². The maximum Gasteiger partial charge on any atom is 0.407 e. The van der Waals surface area contributed by atoms with Crippen molar-refractivity contribution in [3.63, 3.8) is 0 Å². The molecule has 0 aromatic heterocycles. The molecule has 7 nitrogen and oxygen atoms in total. The van der Waals surface area contributed by atoms with Crippen LogP contribution in [0.5, 0.6) is 0 Å². The molecule has 210 valence electrons. The van der Waals surface area contributed by atoms with Crippen molar-refractivity contribution in [1.82, 2.24) is 14.7 Å². The van der Waals surface area contributed by atoms with Crippen LogP contribution in [0.3, 0.4) is 0 Å². The number of anilines is 1. The Kier molecular flexibility index (Phi) is 10.4. The molecule has 0 bridgehead atoms. The van der Waals surface area contributed by atoms with E-state index in [1.165, 1.54) is 16.0 Å². The molecule has 0 atom stereocenters. The number of carboxylic acid groups (broad SMARTS) is 1. The van der Waals surface area contributed by atoms with Crippen LogP contribution in [0.1, 0.15) is 35.4 Å². The molecule has 0 spiro atoms. The number of piperazine rings is 1. The highest BCUT2D eigenvalue weighted by Crippen LogP contribution is 2.28. The van der Waals surface area contributed by atoms with Crippen molar-refractivity contribution in [2.45, 2.75) is 25.7 Å². The fraction of sp³-hybridized carbons (Fsp3) is 0.333. The monoisotopic (exact) mass is 540 g/mol. The zero-order chi connectivity index (χ0) is 28.3. The van der Waals surface area contributed by atoms with Gasteiger partial charge in [0.1, 0.15) is 0 Å². The number of hydrogen-bond acceptors (Lipinski definition) is 3. The van der Waals surface area contributed by atoms with Gasteiger partial charge in [0, 0.05) is 57.4 Å². The average molecular weight is 541 g/mol. The molecular formula is C33H40N4O3. The molecule has 1 aliphatic heterocycles. The number of rotatable bonds is 11. The molecule has 1 heterocycles. The molecule has 7 heteroatoms. The van der Waals surface area contributed by atoms with Gasteiger partial charge in [0.25, 0.3) is 0 Å². The molecule has 0 aliphatic carbocycles. The van der Waals surface area contributed by atoms with Crippen molar-refractivity contribution in [3.8, 4) is 0 Å². The van der Waals surface area contributed by atoms with E-state index in [1.807, 2.05) is 48.2 Å². The van der Waals surface area contributed by atoms with E-state index in [2.05, 4.69) is 65.3 Å². The molecule has 0 radical (unpaired) electrons. The Morgan fingerprint density at radius 1 is 0.875 bits per heavy atom. The molecule has 2 N–H and O–H groups in total. The lowest BCUT2D eigenvalue weighted by Crippen LogP contribution is -2.48. The van der Waals surface area contributed by atoms with Crippen LogP contribution in [-0.4, -0.2) is 77.7 Å². The first-order valence-corrected chi connectivity index (χ1v) is 14.0. The van der Waals surface area contributed by atoms with Gasteiger partial charge in [0.05, 0.1) is 0 Å². The molecule has 40 heavy (non-hydrogen) atoms. The van der Waals surface area contributed by atoms with Crippen LogP contribution >= 0.6 is 0 Å². The number of carbonyl (C=O) groups is 2. The summed E-state index contributed by atoms with van der Waals surface area (Å²) in [7, 11) is 0. The van der Waals surface area contributed by atoms with Gasteiger partial charge < -0.3 is 20.2 Å². The Bertz CT molecular complexity index is 1200. The number of benzene rings is 3. The predicted octanol–water partition coefficient (Wildman–Crippen LogP) is 6.29. The zero-order valence-electron chi connectivity index (χ0n) is 23.3. The van der Waals surface area contributed by atoms with E-state index >= 15 is 0 Å². The van der Waals surface area contributed by atoms with Crippen LogP contribution in [-0.2, 0) is 0 Å². The van der Waals surface area contributed by atoms with Gasteiger partial charge in [-0.05, 0) is 43.0 Å². The van der Waals surface area contributed by atoms with Crippen LogP contribution in [0.2, 0.25) is 0 Å². The van der Waals surface area contributed by atoms with Crippen LogP contribution in [0.15, 0.2) is 97.1 Å². The summed E-state index contributed by atoms with van der Waals surface area (Å²) in [6, 6.07) is 28.6. The van der Waals surface area contributed by atoms with Crippen LogP contribution < -0.4 is 5.32 Å². The third kappa shape index (κ3) is 8.45. The van der Waals surface area contributed by atoms with Gasteiger partial charge in [-0.1, -0.05) is 90.5 Å². The lowest BCUT2D eigenvalue weighted by molar-refractivity contribution is 0.109. The number of amides is 3. The van der Waals surface area contributed by atoms with E-state index in [-0.39, 0.29) is 11.9 Å². The molecule has 1 fully saturated rings. The first kappa shape index (κ1) is 28.9. The third-order valence-corrected chi connectivity index (χ3v) is 7.51. The number of nitrogens with one attached hydrogen (secondary N) is 1. The predicted molar refractivity (Wildman–Crippen MR) is 161 cm³/mol. The smallest absolute Gasteiger partial charge is 0.407 e. The van der Waals surface area contributed by atoms with Crippen molar-refractivity contribution in [2.24, 2.45) is 0 Å². The minimum absolute atomic E-state index is 0.119. The van der Waals surface area contributed by atoms with Crippen LogP contribution in [0.25, 0.3) is 0 Å². The number of nitrogens with zero attached hydrogens (tertiary/aromatic N) is 3. The summed E-state index contributed by atoms with van der Waals surface area (Å²) in [6.07, 6.45) is 0.610. The minimum Gasteiger partial charge on any atom is -0.465 e. The minimum atomic E-state index is -0.863. The molecular weight excluding hydrogens is 500 g/mol. The number of hydrogen-bond donors (Lipinski definition) is 2. The summed E-state index contributed by atoms with van der Waals surface area (Å²) in [5.41, 5.74) is 5.43. The Morgan fingerprint density at radius 2 is 1.45 bits per heavy atom. The largest absolute Gasteiger partial charge is 0.465 e. The van der Waals surface area contributed by atoms with Gasteiger partial charge in [-0.25, -0.2) is 9.59 Å². The fourth-order valence-corrected chi connectivity index (χ4v) is 5.12. The highest BCUT2D eigenvalue weighted by Gasteiger charge is 2.22. The second-order valence-corrected chi connectivity index (χ2v) is 10.5. The lowest BCUT2D eigenvalue weighted by atomic mass is 9.88. The van der Waals surface area contributed by atoms with E-state index in [4.69, 9.17) is 0 Å². The lowest BCUT2D eigenvalue weighted by Gasteiger charge is -2.33. The summed E-state index contributed by atoms with van der Waals surface area (Å²) in [6.45, 7) is 10.6. The first-order chi connectivity index (χ1) is 19.4. The zero-order valence-corrected chi connectivity index (χ0v) is 23.3. The topological polar surface area (TPSA) is 76.1 Å². The summed E-state index contributed by atoms with van der Waals surface area (Å²) in [4.78, 5) is 30.3. The molecule has 0 saturated carbocycles. The second-order valence-electron chi connectivity index (χ2n) is 10.5. The van der Waals surface area contributed by atoms with Gasteiger partial charge in [-0.2, -0.15) is 0 Å². The average Bonchev–Trinajstić information content (AvgIpc) is 2.97. The summed E-state index contributed by atoms with van der Waals surface area (Å²) in [5.74, 6) is 0.172. The van der Waals surface area contributed by atoms with Crippen molar-refractivity contribution in [3.05, 3.63) is 114 Å². The number of aryl methyl sites for hydroxylation is 1. The van der Waals surface area contributed by atoms with Crippen molar-refractivity contribution < 1.29 is 14.7 Å². The van der Waals surface area contributed by atoms with Gasteiger partial charge in [-0.15, -0.1) is 0 Å². The highest BCUT2D eigenvalue weighted by atomic mass is 16.4. The third-order valence-electron chi connectivity index (χ3n) is 7.51. The number of urea groups is 1. The maximum atomic E-state index is 13.5. The van der Waals surface area contributed by atoms with E-state index < -0.39 is 6.09 Å². The summed E-state index contributed by atoms with van der Waals surface area (Å²) in [5, 5.41) is 12.3. The fourth-order valence-electron chi connectivity index (χ4n) is 5.12. The molecule has 3 amide bonds. The van der Waals surface area contributed by atoms with Gasteiger partial charge in [-0.3, -0.25) is 4.90 Å². The Morgan fingerprint density at radius 3 is 2.00 bits per heavy atom. The molecule has 1 aliphatic rings. The van der Waals surface area contributed by atoms with Gasteiger partial charge >= 0.3 is 12.1 Å². The molecule has 0 unspecified atom stereocenters. The first-order valence-electron chi connectivity index (χ1n) is 14.0. The highest BCUT2D eigenvalue weighted by molar-refractivity contribution is 5.89. The van der Waals surface area contributed by atoms with Gasteiger partial charge in [0.2, 0.25) is 0 Å². The number of carbonyl (C=O) groups excluding carboxylic acids is 1. The Balaban J connectivity index is 1.42. The van der Waals surface area contributed by atoms with Gasteiger partial charge in [0.15, 0.2) is 0 Å². The molecule has 3 aromatic carbocycles. The maximum absolute atomic E-state index is 13.5. The van der Waals surface area contributed by atoms with E-state index in [0.717, 1.165) is 23.2 Å². The summed E-state index contributed by atoms with van der Waals surface area (Å²) >= 11 is 0. The molecule has 1 saturated heterocycles. The second kappa shape index (κ2) is 14.3. The molecule has 4 rings (SSSR count). The van der Waals surface area contributed by atoms with E-state index in [1.54, 1.807) is 0 Å². The summed E-state index contributed by atoms with van der Waals surface area (Å²) < 4.78 is 0. The Labute approximate surface area is 237 Å². The van der Waals surface area contributed by atoms with Crippen molar-refractivity contribution in [1.29, 1.82) is 0 Å². The van der Waals surface area contributed by atoms with E-state index in [9.17, 15) is 14.7 Å². The van der Waals surface area contributed by atoms with E-state index in [0.29, 0.717) is 52.2 Å².